The Balaban J connectivity index is 1.69. The zero-order chi connectivity index (χ0) is 21.5. The van der Waals surface area contributed by atoms with Crippen molar-refractivity contribution in [3.63, 3.8) is 0 Å². The molecule has 1 aromatic heterocycles. The van der Waals surface area contributed by atoms with Crippen molar-refractivity contribution in [3.05, 3.63) is 83.8 Å². The van der Waals surface area contributed by atoms with Crippen LogP contribution < -0.4 is 10.6 Å². The minimum Gasteiger partial charge on any atom is -0.459 e. The largest absolute Gasteiger partial charge is 0.459 e. The zero-order valence-corrected chi connectivity index (χ0v) is 15.9. The van der Waals surface area contributed by atoms with Gasteiger partial charge in [0.2, 0.25) is 0 Å². The van der Waals surface area contributed by atoms with Crippen LogP contribution in [0.3, 0.4) is 0 Å². The molecular formula is C22H17N3O5. The molecule has 0 unspecified atom stereocenters. The van der Waals surface area contributed by atoms with E-state index in [9.17, 15) is 14.4 Å². The first kappa shape index (κ1) is 20.4. The van der Waals surface area contributed by atoms with Crippen molar-refractivity contribution in [1.29, 1.82) is 5.26 Å². The van der Waals surface area contributed by atoms with Gasteiger partial charge in [-0.15, -0.1) is 0 Å². The van der Waals surface area contributed by atoms with Crippen LogP contribution in [0.1, 0.15) is 33.4 Å². The number of para-hydroxylation sites is 2. The van der Waals surface area contributed by atoms with Crippen molar-refractivity contribution in [2.24, 2.45) is 0 Å². The molecule has 150 valence electrons. The van der Waals surface area contributed by atoms with E-state index >= 15 is 0 Å². The lowest BCUT2D eigenvalue weighted by atomic mass is 10.1. The van der Waals surface area contributed by atoms with E-state index in [0.717, 1.165) is 0 Å². The van der Waals surface area contributed by atoms with Crippen LogP contribution in [0.4, 0.5) is 11.4 Å². The standard InChI is InChI=1S/C22H17N3O5/c1-14(20(26)24-17-9-4-2-7-15(17)13-23)30-22(28)16-8-3-5-10-18(16)25-21(27)19-11-6-12-29-19/h2-12,14H,1H3,(H,24,26)(H,25,27)/t14-/m1/s1. The molecule has 2 N–H and O–H groups in total. The normalized spacial score (nSPS) is 11.1. The van der Waals surface area contributed by atoms with Gasteiger partial charge in [0.25, 0.3) is 11.8 Å². The Morgan fingerprint density at radius 1 is 0.967 bits per heavy atom. The van der Waals surface area contributed by atoms with Crippen LogP contribution in [0.2, 0.25) is 0 Å². The van der Waals surface area contributed by atoms with Crippen molar-refractivity contribution >= 4 is 29.2 Å². The van der Waals surface area contributed by atoms with E-state index in [4.69, 9.17) is 14.4 Å². The molecule has 30 heavy (non-hydrogen) atoms. The van der Waals surface area contributed by atoms with Crippen molar-refractivity contribution in [3.8, 4) is 6.07 Å². The summed E-state index contributed by atoms with van der Waals surface area (Å²) in [5, 5.41) is 14.3. The van der Waals surface area contributed by atoms with E-state index in [0.29, 0.717) is 5.69 Å². The third kappa shape index (κ3) is 4.72. The smallest absolute Gasteiger partial charge is 0.341 e. The highest BCUT2D eigenvalue weighted by atomic mass is 16.5. The molecule has 3 aromatic rings. The minimum atomic E-state index is -1.14. The molecule has 0 aliphatic rings. The highest BCUT2D eigenvalue weighted by Gasteiger charge is 2.22. The number of hydrogen-bond donors (Lipinski definition) is 2. The Hall–Kier alpha value is -4.38. The number of nitrogens with zero attached hydrogens (tertiary/aromatic N) is 1. The Morgan fingerprint density at radius 3 is 2.37 bits per heavy atom. The van der Waals surface area contributed by atoms with Crippen molar-refractivity contribution in [1.82, 2.24) is 0 Å². The van der Waals surface area contributed by atoms with Gasteiger partial charge in [0.1, 0.15) is 6.07 Å². The Morgan fingerprint density at radius 2 is 1.67 bits per heavy atom. The molecule has 0 radical (unpaired) electrons. The number of amides is 2. The molecule has 3 rings (SSSR count). The van der Waals surface area contributed by atoms with Crippen molar-refractivity contribution in [2.45, 2.75) is 13.0 Å². The molecule has 1 heterocycles. The van der Waals surface area contributed by atoms with Gasteiger partial charge in [0.15, 0.2) is 11.9 Å². The van der Waals surface area contributed by atoms with E-state index in [-0.39, 0.29) is 22.6 Å². The van der Waals surface area contributed by atoms with Crippen LogP contribution in [0.15, 0.2) is 71.3 Å². The van der Waals surface area contributed by atoms with Gasteiger partial charge in [0.05, 0.1) is 28.8 Å². The van der Waals surface area contributed by atoms with Gasteiger partial charge in [-0.3, -0.25) is 9.59 Å². The molecule has 0 bridgehead atoms. The van der Waals surface area contributed by atoms with Gasteiger partial charge in [-0.2, -0.15) is 5.26 Å². The molecule has 0 spiro atoms. The van der Waals surface area contributed by atoms with Crippen LogP contribution in [0.25, 0.3) is 0 Å². The molecule has 1 atom stereocenters. The summed E-state index contributed by atoms with van der Waals surface area (Å²) in [6, 6.07) is 17.8. The van der Waals surface area contributed by atoms with Crippen LogP contribution in [0, 0.1) is 11.3 Å². The van der Waals surface area contributed by atoms with Crippen LogP contribution >= 0.6 is 0 Å². The molecule has 0 saturated heterocycles. The molecule has 2 amide bonds. The molecule has 0 aliphatic carbocycles. The molecule has 0 saturated carbocycles. The fraction of sp³-hybridized carbons (Fsp3) is 0.0909. The first-order valence-corrected chi connectivity index (χ1v) is 8.94. The number of anilines is 2. The summed E-state index contributed by atoms with van der Waals surface area (Å²) >= 11 is 0. The third-order valence-electron chi connectivity index (χ3n) is 4.10. The lowest BCUT2D eigenvalue weighted by Crippen LogP contribution is -2.30. The van der Waals surface area contributed by atoms with Crippen LogP contribution in [-0.4, -0.2) is 23.9 Å². The van der Waals surface area contributed by atoms with Gasteiger partial charge in [-0.25, -0.2) is 4.79 Å². The quantitative estimate of drug-likeness (QED) is 0.607. The predicted octanol–water partition coefficient (Wildman–Crippen LogP) is 3.59. The fourth-order valence-corrected chi connectivity index (χ4v) is 2.56. The van der Waals surface area contributed by atoms with Crippen LogP contribution in [0.5, 0.6) is 0 Å². The van der Waals surface area contributed by atoms with Crippen molar-refractivity contribution < 1.29 is 23.5 Å². The first-order chi connectivity index (χ1) is 14.5. The summed E-state index contributed by atoms with van der Waals surface area (Å²) in [4.78, 5) is 37.2. The molecule has 8 nitrogen and oxygen atoms in total. The number of esters is 1. The molecule has 2 aromatic carbocycles. The molecular weight excluding hydrogens is 386 g/mol. The summed E-state index contributed by atoms with van der Waals surface area (Å²) in [5.41, 5.74) is 0.898. The number of carbonyl (C=O) groups excluding carboxylic acids is 3. The van der Waals surface area contributed by atoms with Gasteiger partial charge in [-0.05, 0) is 43.3 Å². The van der Waals surface area contributed by atoms with Gasteiger partial charge in [-0.1, -0.05) is 24.3 Å². The van der Waals surface area contributed by atoms with Gasteiger partial charge in [0, 0.05) is 0 Å². The number of benzene rings is 2. The van der Waals surface area contributed by atoms with E-state index < -0.39 is 23.9 Å². The highest BCUT2D eigenvalue weighted by molar-refractivity contribution is 6.07. The number of carbonyl (C=O) groups is 3. The third-order valence-corrected chi connectivity index (χ3v) is 4.10. The monoisotopic (exact) mass is 403 g/mol. The summed E-state index contributed by atoms with van der Waals surface area (Å²) < 4.78 is 10.3. The maximum absolute atomic E-state index is 12.6. The number of furan rings is 1. The van der Waals surface area contributed by atoms with Crippen molar-refractivity contribution in [2.75, 3.05) is 10.6 Å². The Kier molecular flexibility index (Phi) is 6.25. The molecule has 0 aliphatic heterocycles. The van der Waals surface area contributed by atoms with E-state index in [1.165, 1.54) is 31.4 Å². The predicted molar refractivity (Wildman–Crippen MR) is 108 cm³/mol. The van der Waals surface area contributed by atoms with Gasteiger partial charge >= 0.3 is 5.97 Å². The summed E-state index contributed by atoms with van der Waals surface area (Å²) in [6.07, 6.45) is 0.220. The maximum atomic E-state index is 12.6. The highest BCUT2D eigenvalue weighted by Crippen LogP contribution is 2.19. The van der Waals surface area contributed by atoms with E-state index in [1.54, 1.807) is 42.5 Å². The topological polar surface area (TPSA) is 121 Å². The zero-order valence-electron chi connectivity index (χ0n) is 15.9. The average molecular weight is 403 g/mol. The SMILES string of the molecule is C[C@@H](OC(=O)c1ccccc1NC(=O)c1ccco1)C(=O)Nc1ccccc1C#N. The second-order valence-electron chi connectivity index (χ2n) is 6.17. The second-order valence-corrected chi connectivity index (χ2v) is 6.17. The van der Waals surface area contributed by atoms with Crippen LogP contribution in [-0.2, 0) is 9.53 Å². The Bertz CT molecular complexity index is 1120. The van der Waals surface area contributed by atoms with E-state index in [2.05, 4.69) is 10.6 Å². The fourth-order valence-electron chi connectivity index (χ4n) is 2.56. The summed E-state index contributed by atoms with van der Waals surface area (Å²) in [5.74, 6) is -1.83. The number of hydrogen-bond acceptors (Lipinski definition) is 6. The lowest BCUT2D eigenvalue weighted by Gasteiger charge is -2.15. The lowest BCUT2D eigenvalue weighted by molar-refractivity contribution is -0.123. The number of rotatable bonds is 6. The first-order valence-electron chi connectivity index (χ1n) is 8.94. The maximum Gasteiger partial charge on any atom is 0.341 e. The summed E-state index contributed by atoms with van der Waals surface area (Å²) in [7, 11) is 0. The van der Waals surface area contributed by atoms with E-state index in [1.807, 2.05) is 6.07 Å². The minimum absolute atomic E-state index is 0.0782. The molecule has 8 heteroatoms. The van der Waals surface area contributed by atoms with Gasteiger partial charge < -0.3 is 19.8 Å². The number of nitriles is 1. The Labute approximate surface area is 172 Å². The number of ether oxygens (including phenoxy) is 1. The average Bonchev–Trinajstić information content (AvgIpc) is 3.29. The second kappa shape index (κ2) is 9.21. The number of nitrogens with one attached hydrogen (secondary N) is 2. The summed E-state index contributed by atoms with van der Waals surface area (Å²) in [6.45, 7) is 1.41. The molecule has 0 fully saturated rings.